The summed E-state index contributed by atoms with van der Waals surface area (Å²) in [7, 11) is 0. The fourth-order valence-corrected chi connectivity index (χ4v) is 3.30. The van der Waals surface area contributed by atoms with Gasteiger partial charge in [0, 0.05) is 11.1 Å². The Morgan fingerprint density at radius 2 is 1.92 bits per heavy atom. The molecular formula is C22H22N2O2. The van der Waals surface area contributed by atoms with Crippen molar-refractivity contribution in [1.82, 2.24) is 4.98 Å². The van der Waals surface area contributed by atoms with Gasteiger partial charge in [-0.3, -0.25) is 4.79 Å². The Morgan fingerprint density at radius 1 is 1.15 bits per heavy atom. The van der Waals surface area contributed by atoms with E-state index in [0.717, 1.165) is 33.2 Å². The lowest BCUT2D eigenvalue weighted by molar-refractivity contribution is 0.281. The first-order chi connectivity index (χ1) is 12.5. The van der Waals surface area contributed by atoms with E-state index in [1.54, 1.807) is 0 Å². The quantitative estimate of drug-likeness (QED) is 0.741. The fraction of sp³-hybridized carbons (Fsp3) is 0.273. The van der Waals surface area contributed by atoms with E-state index >= 15 is 0 Å². The molecule has 0 bridgehead atoms. The number of hydrogen-bond acceptors (Lipinski definition) is 3. The molecule has 0 saturated carbocycles. The number of aliphatic hydroxyl groups excluding tert-OH is 1. The van der Waals surface area contributed by atoms with Crippen molar-refractivity contribution in [3.8, 4) is 6.07 Å². The molecule has 132 valence electrons. The number of aliphatic hydroxyl groups is 1. The van der Waals surface area contributed by atoms with E-state index in [4.69, 9.17) is 0 Å². The third-order valence-corrected chi connectivity index (χ3v) is 4.92. The first-order valence-electron chi connectivity index (χ1n) is 8.75. The number of pyridine rings is 1. The van der Waals surface area contributed by atoms with Crippen LogP contribution in [0.15, 0.2) is 53.3 Å². The number of nitrogens with one attached hydrogen (secondary N) is 1. The lowest BCUT2D eigenvalue weighted by atomic mass is 9.78. The number of rotatable bonds is 5. The van der Waals surface area contributed by atoms with Crippen LogP contribution in [0, 0.1) is 11.3 Å². The van der Waals surface area contributed by atoms with Crippen molar-refractivity contribution in [3.63, 3.8) is 0 Å². The average molecular weight is 346 g/mol. The van der Waals surface area contributed by atoms with Crippen LogP contribution in [0.4, 0.5) is 0 Å². The van der Waals surface area contributed by atoms with Gasteiger partial charge in [-0.15, -0.1) is 0 Å². The molecule has 0 aliphatic carbocycles. The summed E-state index contributed by atoms with van der Waals surface area (Å²) in [5.74, 6) is 0. The molecule has 0 aliphatic rings. The summed E-state index contributed by atoms with van der Waals surface area (Å²) in [4.78, 5) is 15.0. The molecule has 0 unspecified atom stereocenters. The maximum atomic E-state index is 12.1. The van der Waals surface area contributed by atoms with E-state index < -0.39 is 5.41 Å². The molecule has 1 heterocycles. The second-order valence-corrected chi connectivity index (χ2v) is 6.88. The molecule has 26 heavy (non-hydrogen) atoms. The summed E-state index contributed by atoms with van der Waals surface area (Å²) in [5.41, 5.74) is 3.38. The monoisotopic (exact) mass is 346 g/mol. The molecular weight excluding hydrogens is 324 g/mol. The highest BCUT2D eigenvalue weighted by atomic mass is 16.3. The number of aryl methyl sites for hydroxylation is 1. The van der Waals surface area contributed by atoms with Crippen molar-refractivity contribution in [1.29, 1.82) is 5.26 Å². The highest BCUT2D eigenvalue weighted by Gasteiger charge is 2.27. The summed E-state index contributed by atoms with van der Waals surface area (Å²) in [6.45, 7) is 3.84. The van der Waals surface area contributed by atoms with Gasteiger partial charge < -0.3 is 10.1 Å². The van der Waals surface area contributed by atoms with Crippen molar-refractivity contribution >= 4 is 10.9 Å². The van der Waals surface area contributed by atoms with Gasteiger partial charge in [0.2, 0.25) is 0 Å². The third kappa shape index (κ3) is 3.40. The topological polar surface area (TPSA) is 76.9 Å². The molecule has 1 atom stereocenters. The molecule has 3 aromatic rings. The van der Waals surface area contributed by atoms with Crippen LogP contribution in [0.25, 0.3) is 10.9 Å². The summed E-state index contributed by atoms with van der Waals surface area (Å²) < 4.78 is 0. The number of nitrogens with zero attached hydrogens (tertiary/aromatic N) is 1. The second kappa shape index (κ2) is 7.15. The molecule has 2 aromatic carbocycles. The zero-order chi connectivity index (χ0) is 18.7. The van der Waals surface area contributed by atoms with E-state index in [1.807, 2.05) is 62.4 Å². The van der Waals surface area contributed by atoms with E-state index in [2.05, 4.69) is 11.1 Å². The van der Waals surface area contributed by atoms with Crippen LogP contribution in [0.5, 0.6) is 0 Å². The van der Waals surface area contributed by atoms with Crippen LogP contribution in [0.3, 0.4) is 0 Å². The molecule has 4 nitrogen and oxygen atoms in total. The van der Waals surface area contributed by atoms with Gasteiger partial charge in [-0.25, -0.2) is 0 Å². The molecule has 0 amide bonds. The van der Waals surface area contributed by atoms with Gasteiger partial charge in [0.25, 0.3) is 5.56 Å². The van der Waals surface area contributed by atoms with Gasteiger partial charge >= 0.3 is 0 Å². The fourth-order valence-electron chi connectivity index (χ4n) is 3.30. The van der Waals surface area contributed by atoms with Gasteiger partial charge in [-0.2, -0.15) is 5.26 Å². The highest BCUT2D eigenvalue weighted by Crippen LogP contribution is 2.30. The van der Waals surface area contributed by atoms with Gasteiger partial charge in [0.15, 0.2) is 0 Å². The zero-order valence-corrected chi connectivity index (χ0v) is 15.0. The van der Waals surface area contributed by atoms with Crippen LogP contribution in [-0.4, -0.2) is 10.1 Å². The number of fused-ring (bicyclic) bond motifs is 1. The normalized spacial score (nSPS) is 13.3. The molecule has 4 heteroatoms. The summed E-state index contributed by atoms with van der Waals surface area (Å²) in [6, 6.07) is 17.8. The smallest absolute Gasteiger partial charge is 0.251 e. The standard InChI is InChI=1S/C22H22N2O2/c1-3-17-10-18-7-8-19(11-20(18)24-21(17)26)22(2,14-23)12-15-5-4-6-16(9-15)13-25/h4-11,25H,3,12-13H2,1-2H3,(H,24,26)/t22-/m1/s1. The van der Waals surface area contributed by atoms with Crippen molar-refractivity contribution < 1.29 is 5.11 Å². The lowest BCUT2D eigenvalue weighted by Gasteiger charge is -2.23. The van der Waals surface area contributed by atoms with E-state index in [1.165, 1.54) is 0 Å². The molecule has 0 radical (unpaired) electrons. The first kappa shape index (κ1) is 17.9. The van der Waals surface area contributed by atoms with Crippen LogP contribution < -0.4 is 5.56 Å². The number of aromatic nitrogens is 1. The molecule has 0 fully saturated rings. The van der Waals surface area contributed by atoms with Crippen LogP contribution >= 0.6 is 0 Å². The predicted molar refractivity (Wildman–Crippen MR) is 103 cm³/mol. The lowest BCUT2D eigenvalue weighted by Crippen LogP contribution is -2.23. The number of hydrogen-bond donors (Lipinski definition) is 2. The van der Waals surface area contributed by atoms with Crippen molar-refractivity contribution in [3.05, 3.63) is 81.1 Å². The summed E-state index contributed by atoms with van der Waals surface area (Å²) in [5, 5.41) is 20.2. The van der Waals surface area contributed by atoms with Crippen molar-refractivity contribution in [2.24, 2.45) is 0 Å². The number of aromatic amines is 1. The predicted octanol–water partition coefficient (Wildman–Crippen LogP) is 3.61. The zero-order valence-electron chi connectivity index (χ0n) is 15.0. The minimum Gasteiger partial charge on any atom is -0.392 e. The number of benzene rings is 2. The van der Waals surface area contributed by atoms with E-state index in [9.17, 15) is 15.2 Å². The molecule has 0 spiro atoms. The Kier molecular flexibility index (Phi) is 4.92. The SMILES string of the molecule is CCc1cc2ccc([C@@](C)(C#N)Cc3cccc(CO)c3)cc2[nH]c1=O. The number of nitriles is 1. The Hall–Kier alpha value is -2.90. The van der Waals surface area contributed by atoms with Crippen molar-refractivity contribution in [2.75, 3.05) is 0 Å². The van der Waals surface area contributed by atoms with E-state index in [0.29, 0.717) is 12.8 Å². The Morgan fingerprint density at radius 3 is 2.62 bits per heavy atom. The van der Waals surface area contributed by atoms with Gasteiger partial charge in [-0.1, -0.05) is 43.3 Å². The Balaban J connectivity index is 2.03. The number of H-pyrrole nitrogens is 1. The molecule has 1 aromatic heterocycles. The van der Waals surface area contributed by atoms with Crippen LogP contribution in [-0.2, 0) is 24.9 Å². The second-order valence-electron chi connectivity index (χ2n) is 6.88. The van der Waals surface area contributed by atoms with Gasteiger partial charge in [-0.05, 0) is 54.0 Å². The first-order valence-corrected chi connectivity index (χ1v) is 8.75. The third-order valence-electron chi connectivity index (χ3n) is 4.92. The van der Waals surface area contributed by atoms with E-state index in [-0.39, 0.29) is 12.2 Å². The minimum absolute atomic E-state index is 0.0198. The maximum absolute atomic E-state index is 12.1. The van der Waals surface area contributed by atoms with Crippen LogP contribution in [0.1, 0.15) is 36.1 Å². The molecule has 2 N–H and O–H groups in total. The minimum atomic E-state index is -0.734. The average Bonchev–Trinajstić information content (AvgIpc) is 2.67. The summed E-state index contributed by atoms with van der Waals surface area (Å²) >= 11 is 0. The Labute approximate surface area is 152 Å². The van der Waals surface area contributed by atoms with Gasteiger partial charge in [0.1, 0.15) is 0 Å². The Bertz CT molecular complexity index is 1050. The van der Waals surface area contributed by atoms with Gasteiger partial charge in [0.05, 0.1) is 18.1 Å². The molecule has 3 rings (SSSR count). The van der Waals surface area contributed by atoms with Crippen LogP contribution in [0.2, 0.25) is 0 Å². The largest absolute Gasteiger partial charge is 0.392 e. The highest BCUT2D eigenvalue weighted by molar-refractivity contribution is 5.80. The molecule has 0 saturated heterocycles. The summed E-state index contributed by atoms with van der Waals surface area (Å²) in [6.07, 6.45) is 1.21. The van der Waals surface area contributed by atoms with Crippen molar-refractivity contribution in [2.45, 2.75) is 38.7 Å². The molecule has 0 aliphatic heterocycles. The maximum Gasteiger partial charge on any atom is 0.251 e.